The van der Waals surface area contributed by atoms with E-state index in [4.69, 9.17) is 17.3 Å². The van der Waals surface area contributed by atoms with Gasteiger partial charge in [-0.2, -0.15) is 5.10 Å². The molecule has 0 amide bonds. The topological polar surface area (TPSA) is 56.7 Å². The number of hydrogen-bond donors (Lipinski definition) is 1. The van der Waals surface area contributed by atoms with Gasteiger partial charge in [-0.3, -0.25) is 4.68 Å². The van der Waals surface area contributed by atoms with Crippen molar-refractivity contribution in [3.05, 3.63) is 46.8 Å². The number of nitrogens with two attached hydrogens (primary N) is 1. The van der Waals surface area contributed by atoms with Crippen molar-refractivity contribution < 1.29 is 4.39 Å². The highest BCUT2D eigenvalue weighted by atomic mass is 35.5. The monoisotopic (exact) mass is 282 g/mol. The van der Waals surface area contributed by atoms with Crippen molar-refractivity contribution in [3.8, 4) is 0 Å². The van der Waals surface area contributed by atoms with Gasteiger partial charge in [0.1, 0.15) is 18.0 Å². The number of benzene rings is 1. The molecule has 0 aliphatic heterocycles. The SMILES string of the molecule is CCCn1ncnc1CC(N)c1cccc(Cl)c1F. The van der Waals surface area contributed by atoms with E-state index in [1.807, 2.05) is 0 Å². The predicted octanol–water partition coefficient (Wildman–Crippen LogP) is 2.72. The van der Waals surface area contributed by atoms with Gasteiger partial charge in [0.15, 0.2) is 0 Å². The number of aromatic nitrogens is 3. The van der Waals surface area contributed by atoms with Crippen LogP contribution in [0.15, 0.2) is 24.5 Å². The van der Waals surface area contributed by atoms with Crippen LogP contribution in [0.5, 0.6) is 0 Å². The minimum atomic E-state index is -0.487. The Hall–Kier alpha value is -1.46. The third kappa shape index (κ3) is 3.11. The zero-order valence-electron chi connectivity index (χ0n) is 10.7. The van der Waals surface area contributed by atoms with Crippen LogP contribution < -0.4 is 5.73 Å². The van der Waals surface area contributed by atoms with Crippen LogP contribution in [0.3, 0.4) is 0 Å². The summed E-state index contributed by atoms with van der Waals surface area (Å²) in [4.78, 5) is 4.17. The molecule has 102 valence electrons. The summed E-state index contributed by atoms with van der Waals surface area (Å²) in [7, 11) is 0. The van der Waals surface area contributed by atoms with Gasteiger partial charge in [-0.1, -0.05) is 30.7 Å². The maximum Gasteiger partial charge on any atom is 0.146 e. The Kier molecular flexibility index (Phi) is 4.50. The summed E-state index contributed by atoms with van der Waals surface area (Å²) in [6, 6.07) is 4.36. The van der Waals surface area contributed by atoms with Crippen LogP contribution >= 0.6 is 11.6 Å². The molecular weight excluding hydrogens is 267 g/mol. The molecule has 1 unspecified atom stereocenters. The van der Waals surface area contributed by atoms with Crippen molar-refractivity contribution in [2.45, 2.75) is 32.4 Å². The van der Waals surface area contributed by atoms with Crippen molar-refractivity contribution in [1.29, 1.82) is 0 Å². The average Bonchev–Trinajstić information content (AvgIpc) is 2.80. The zero-order valence-corrected chi connectivity index (χ0v) is 11.4. The van der Waals surface area contributed by atoms with Gasteiger partial charge in [0, 0.05) is 24.6 Å². The first-order valence-corrected chi connectivity index (χ1v) is 6.57. The molecule has 0 fully saturated rings. The fourth-order valence-electron chi connectivity index (χ4n) is 1.96. The van der Waals surface area contributed by atoms with Crippen LogP contribution in [0.25, 0.3) is 0 Å². The van der Waals surface area contributed by atoms with Gasteiger partial charge in [0.2, 0.25) is 0 Å². The third-order valence-electron chi connectivity index (χ3n) is 2.91. The third-order valence-corrected chi connectivity index (χ3v) is 3.21. The van der Waals surface area contributed by atoms with Crippen molar-refractivity contribution in [2.75, 3.05) is 0 Å². The maximum atomic E-state index is 13.9. The van der Waals surface area contributed by atoms with Crippen molar-refractivity contribution in [3.63, 3.8) is 0 Å². The number of nitrogens with zero attached hydrogens (tertiary/aromatic N) is 3. The highest BCUT2D eigenvalue weighted by Gasteiger charge is 2.16. The van der Waals surface area contributed by atoms with E-state index < -0.39 is 11.9 Å². The Morgan fingerprint density at radius 1 is 1.47 bits per heavy atom. The lowest BCUT2D eigenvalue weighted by atomic mass is 10.0. The van der Waals surface area contributed by atoms with Gasteiger partial charge >= 0.3 is 0 Å². The van der Waals surface area contributed by atoms with Crippen LogP contribution in [0, 0.1) is 5.82 Å². The summed E-state index contributed by atoms with van der Waals surface area (Å²) in [5, 5.41) is 4.21. The summed E-state index contributed by atoms with van der Waals surface area (Å²) in [5.74, 6) is 0.298. The Morgan fingerprint density at radius 2 is 2.26 bits per heavy atom. The maximum absolute atomic E-state index is 13.9. The van der Waals surface area contributed by atoms with E-state index in [-0.39, 0.29) is 5.02 Å². The predicted molar refractivity (Wildman–Crippen MR) is 72.4 cm³/mol. The summed E-state index contributed by atoms with van der Waals surface area (Å²) in [6.07, 6.45) is 2.88. The molecule has 0 aliphatic rings. The molecule has 6 heteroatoms. The molecule has 0 bridgehead atoms. The molecule has 0 saturated heterocycles. The van der Waals surface area contributed by atoms with Gasteiger partial charge in [0.25, 0.3) is 0 Å². The van der Waals surface area contributed by atoms with E-state index in [0.29, 0.717) is 12.0 Å². The Balaban J connectivity index is 2.18. The number of rotatable bonds is 5. The molecule has 1 atom stereocenters. The summed E-state index contributed by atoms with van der Waals surface area (Å²) >= 11 is 5.76. The number of aryl methyl sites for hydroxylation is 1. The second-order valence-corrected chi connectivity index (χ2v) is 4.76. The van der Waals surface area contributed by atoms with Crippen LogP contribution in [-0.4, -0.2) is 14.8 Å². The smallest absolute Gasteiger partial charge is 0.146 e. The Labute approximate surface area is 116 Å². The van der Waals surface area contributed by atoms with Crippen LogP contribution in [0.2, 0.25) is 5.02 Å². The molecule has 19 heavy (non-hydrogen) atoms. The first kappa shape index (κ1) is 14.0. The highest BCUT2D eigenvalue weighted by molar-refractivity contribution is 6.30. The molecule has 2 aromatic rings. The Bertz CT molecular complexity index is 555. The fraction of sp³-hybridized carbons (Fsp3) is 0.385. The Morgan fingerprint density at radius 3 is 3.00 bits per heavy atom. The van der Waals surface area contributed by atoms with Crippen molar-refractivity contribution >= 4 is 11.6 Å². The molecule has 0 radical (unpaired) electrons. The van der Waals surface area contributed by atoms with Crippen LogP contribution in [0.1, 0.15) is 30.8 Å². The summed E-state index contributed by atoms with van der Waals surface area (Å²) < 4.78 is 15.7. The minimum absolute atomic E-state index is 0.0861. The number of halogens is 2. The van der Waals surface area contributed by atoms with Crippen LogP contribution in [0.4, 0.5) is 4.39 Å². The molecule has 0 aliphatic carbocycles. The molecule has 0 spiro atoms. The molecule has 4 nitrogen and oxygen atoms in total. The van der Waals surface area contributed by atoms with Crippen molar-refractivity contribution in [1.82, 2.24) is 14.8 Å². The molecule has 2 rings (SSSR count). The van der Waals surface area contributed by atoms with Gasteiger partial charge < -0.3 is 5.73 Å². The van der Waals surface area contributed by atoms with E-state index in [9.17, 15) is 4.39 Å². The van der Waals surface area contributed by atoms with Crippen LogP contribution in [-0.2, 0) is 13.0 Å². The lowest BCUT2D eigenvalue weighted by Crippen LogP contribution is -2.18. The number of hydrogen-bond acceptors (Lipinski definition) is 3. The standard InChI is InChI=1S/C13H16ClFN4/c1-2-6-19-12(17-8-18-19)7-11(16)9-4-3-5-10(14)13(9)15/h3-5,8,11H,2,6-7,16H2,1H3. The molecule has 1 aromatic carbocycles. The first-order chi connectivity index (χ1) is 9.13. The van der Waals surface area contributed by atoms with E-state index in [1.54, 1.807) is 16.8 Å². The van der Waals surface area contributed by atoms with E-state index in [0.717, 1.165) is 18.8 Å². The normalized spacial score (nSPS) is 12.6. The first-order valence-electron chi connectivity index (χ1n) is 6.19. The van der Waals surface area contributed by atoms with Gasteiger partial charge in [0.05, 0.1) is 5.02 Å². The lowest BCUT2D eigenvalue weighted by Gasteiger charge is -2.13. The fourth-order valence-corrected chi connectivity index (χ4v) is 2.14. The summed E-state index contributed by atoms with van der Waals surface area (Å²) in [5.41, 5.74) is 6.44. The molecule has 2 N–H and O–H groups in total. The van der Waals surface area contributed by atoms with Gasteiger partial charge in [-0.25, -0.2) is 9.37 Å². The van der Waals surface area contributed by atoms with Crippen molar-refractivity contribution in [2.24, 2.45) is 5.73 Å². The molecular formula is C13H16ClFN4. The molecule has 0 saturated carbocycles. The van der Waals surface area contributed by atoms with Gasteiger partial charge in [-0.15, -0.1) is 0 Å². The lowest BCUT2D eigenvalue weighted by molar-refractivity contribution is 0.533. The van der Waals surface area contributed by atoms with E-state index >= 15 is 0 Å². The zero-order chi connectivity index (χ0) is 13.8. The van der Waals surface area contributed by atoms with Gasteiger partial charge in [-0.05, 0) is 12.5 Å². The molecule has 1 heterocycles. The quantitative estimate of drug-likeness (QED) is 0.917. The molecule has 1 aromatic heterocycles. The van der Waals surface area contributed by atoms with E-state index in [1.165, 1.54) is 12.4 Å². The average molecular weight is 283 g/mol. The van der Waals surface area contributed by atoms with E-state index in [2.05, 4.69) is 17.0 Å². The second-order valence-electron chi connectivity index (χ2n) is 4.35. The highest BCUT2D eigenvalue weighted by Crippen LogP contribution is 2.23. The largest absolute Gasteiger partial charge is 0.323 e. The second kappa shape index (κ2) is 6.12. The summed E-state index contributed by atoms with van der Waals surface area (Å²) in [6.45, 7) is 2.84. The minimum Gasteiger partial charge on any atom is -0.323 e.